The van der Waals surface area contributed by atoms with Gasteiger partial charge in [0.15, 0.2) is 0 Å². The molecule has 2 aromatic carbocycles. The van der Waals surface area contributed by atoms with Gasteiger partial charge in [-0.05, 0) is 47.9 Å². The summed E-state index contributed by atoms with van der Waals surface area (Å²) in [5.74, 6) is 0.647. The van der Waals surface area contributed by atoms with Gasteiger partial charge < -0.3 is 16.4 Å². The molecule has 0 bridgehead atoms. The first kappa shape index (κ1) is 13.9. The van der Waals surface area contributed by atoms with E-state index in [0.29, 0.717) is 0 Å². The van der Waals surface area contributed by atoms with Gasteiger partial charge >= 0.3 is 0 Å². The van der Waals surface area contributed by atoms with Crippen molar-refractivity contribution in [3.8, 4) is 0 Å². The topological polar surface area (TPSA) is 80.0 Å². The molecule has 0 saturated heterocycles. The lowest BCUT2D eigenvalue weighted by Crippen LogP contribution is -2.05. The number of nitrogens with zero attached hydrogens (tertiary/aromatic N) is 1. The summed E-state index contributed by atoms with van der Waals surface area (Å²) in [5.41, 5.74) is 8.12. The highest BCUT2D eigenvalue weighted by molar-refractivity contribution is 5.95. The Morgan fingerprint density at radius 1 is 1.09 bits per heavy atom. The van der Waals surface area contributed by atoms with E-state index >= 15 is 0 Å². The van der Waals surface area contributed by atoms with Gasteiger partial charge in [-0.3, -0.25) is 4.79 Å². The monoisotopic (exact) mass is 292 g/mol. The molecule has 0 radical (unpaired) electrons. The van der Waals surface area contributed by atoms with E-state index < -0.39 is 0 Å². The first-order chi connectivity index (χ1) is 10.6. The number of aromatic nitrogens is 1. The second kappa shape index (κ2) is 5.73. The summed E-state index contributed by atoms with van der Waals surface area (Å²) in [4.78, 5) is 15.5. The molecule has 1 amide bonds. The van der Waals surface area contributed by atoms with Crippen LogP contribution in [0.25, 0.3) is 10.8 Å². The third kappa shape index (κ3) is 2.98. The molecule has 3 aromatic rings. The van der Waals surface area contributed by atoms with Crippen LogP contribution < -0.4 is 16.4 Å². The van der Waals surface area contributed by atoms with Gasteiger partial charge in [-0.15, -0.1) is 0 Å². The lowest BCUT2D eigenvalue weighted by Gasteiger charge is -2.10. The number of hydrogen-bond donors (Lipinski definition) is 3. The Morgan fingerprint density at radius 2 is 1.91 bits per heavy atom. The summed E-state index contributed by atoms with van der Waals surface area (Å²) >= 11 is 0. The second-order valence-electron chi connectivity index (χ2n) is 5.03. The molecule has 5 nitrogen and oxygen atoms in total. The Labute approximate surface area is 128 Å². The van der Waals surface area contributed by atoms with E-state index in [2.05, 4.69) is 15.6 Å². The van der Waals surface area contributed by atoms with E-state index in [-0.39, 0.29) is 5.91 Å². The van der Waals surface area contributed by atoms with Crippen molar-refractivity contribution in [2.45, 2.75) is 6.92 Å². The van der Waals surface area contributed by atoms with Crippen molar-refractivity contribution >= 4 is 39.6 Å². The van der Waals surface area contributed by atoms with E-state index in [1.165, 1.54) is 6.92 Å². The summed E-state index contributed by atoms with van der Waals surface area (Å²) in [7, 11) is 0. The van der Waals surface area contributed by atoms with Crippen LogP contribution in [0.15, 0.2) is 54.7 Å². The van der Waals surface area contributed by atoms with Crippen molar-refractivity contribution in [1.29, 1.82) is 0 Å². The minimum absolute atomic E-state index is 0.101. The molecule has 0 saturated carbocycles. The fourth-order valence-corrected chi connectivity index (χ4v) is 2.31. The Bertz CT molecular complexity index is 845. The zero-order valence-corrected chi connectivity index (χ0v) is 12.1. The highest BCUT2D eigenvalue weighted by Crippen LogP contribution is 2.26. The number of nitrogens with two attached hydrogens (primary N) is 1. The van der Waals surface area contributed by atoms with Crippen LogP contribution >= 0.6 is 0 Å². The molecule has 0 atom stereocenters. The Balaban J connectivity index is 1.95. The number of fused-ring (bicyclic) bond motifs is 1. The number of rotatable bonds is 3. The number of benzene rings is 2. The highest BCUT2D eigenvalue weighted by atomic mass is 16.1. The SMILES string of the molecule is CC(=O)Nc1cccc(Nc2nccc3cc(N)ccc23)c1. The Kier molecular flexibility index (Phi) is 3.62. The normalized spacial score (nSPS) is 10.4. The van der Waals surface area contributed by atoms with Crippen LogP contribution in [-0.4, -0.2) is 10.9 Å². The van der Waals surface area contributed by atoms with Gasteiger partial charge in [-0.2, -0.15) is 0 Å². The molecule has 1 aromatic heterocycles. The van der Waals surface area contributed by atoms with Gasteiger partial charge in [-0.25, -0.2) is 4.98 Å². The van der Waals surface area contributed by atoms with Crippen LogP contribution in [0.4, 0.5) is 22.9 Å². The molecular formula is C17H16N4O. The van der Waals surface area contributed by atoms with Gasteiger partial charge in [0.25, 0.3) is 0 Å². The second-order valence-corrected chi connectivity index (χ2v) is 5.03. The number of carbonyl (C=O) groups is 1. The number of pyridine rings is 1. The first-order valence-electron chi connectivity index (χ1n) is 6.91. The summed E-state index contributed by atoms with van der Waals surface area (Å²) < 4.78 is 0. The third-order valence-corrected chi connectivity index (χ3v) is 3.23. The van der Waals surface area contributed by atoms with Crippen LogP contribution in [0.5, 0.6) is 0 Å². The molecular weight excluding hydrogens is 276 g/mol. The molecule has 0 fully saturated rings. The van der Waals surface area contributed by atoms with Crippen LogP contribution in [-0.2, 0) is 4.79 Å². The van der Waals surface area contributed by atoms with Crippen LogP contribution in [0.3, 0.4) is 0 Å². The standard InChI is InChI=1S/C17H16N4O/c1-11(22)20-14-3-2-4-15(10-14)21-17-16-6-5-13(18)9-12(16)7-8-19-17/h2-10H,18H2,1H3,(H,19,21)(H,20,22). The molecule has 110 valence electrons. The average molecular weight is 292 g/mol. The van der Waals surface area contributed by atoms with Crippen molar-refractivity contribution in [3.05, 3.63) is 54.7 Å². The first-order valence-corrected chi connectivity index (χ1v) is 6.91. The summed E-state index contributed by atoms with van der Waals surface area (Å²) in [6, 6.07) is 15.1. The lowest BCUT2D eigenvalue weighted by atomic mass is 10.1. The smallest absolute Gasteiger partial charge is 0.221 e. The van der Waals surface area contributed by atoms with Gasteiger partial charge in [0.1, 0.15) is 5.82 Å². The molecule has 0 unspecified atom stereocenters. The molecule has 0 aliphatic heterocycles. The quantitative estimate of drug-likeness (QED) is 0.645. The molecule has 0 aliphatic carbocycles. The summed E-state index contributed by atoms with van der Waals surface area (Å²) in [6.07, 6.45) is 1.74. The van der Waals surface area contributed by atoms with Crippen molar-refractivity contribution in [1.82, 2.24) is 4.98 Å². The zero-order chi connectivity index (χ0) is 15.5. The average Bonchev–Trinajstić information content (AvgIpc) is 2.47. The summed E-state index contributed by atoms with van der Waals surface area (Å²) in [5, 5.41) is 8.05. The molecule has 4 N–H and O–H groups in total. The minimum Gasteiger partial charge on any atom is -0.399 e. The fourth-order valence-electron chi connectivity index (χ4n) is 2.31. The fraction of sp³-hybridized carbons (Fsp3) is 0.0588. The lowest BCUT2D eigenvalue weighted by molar-refractivity contribution is -0.114. The largest absolute Gasteiger partial charge is 0.399 e. The van der Waals surface area contributed by atoms with E-state index in [4.69, 9.17) is 5.73 Å². The molecule has 1 heterocycles. The maximum Gasteiger partial charge on any atom is 0.221 e. The predicted octanol–water partition coefficient (Wildman–Crippen LogP) is 3.52. The minimum atomic E-state index is -0.101. The number of carbonyl (C=O) groups excluding carboxylic acids is 1. The molecule has 3 rings (SSSR count). The van der Waals surface area contributed by atoms with E-state index in [1.54, 1.807) is 6.20 Å². The Hall–Kier alpha value is -3.08. The number of nitrogens with one attached hydrogen (secondary N) is 2. The van der Waals surface area contributed by atoms with Gasteiger partial charge in [0.05, 0.1) is 0 Å². The van der Waals surface area contributed by atoms with Crippen molar-refractivity contribution in [3.63, 3.8) is 0 Å². The van der Waals surface area contributed by atoms with Gasteiger partial charge in [-0.1, -0.05) is 6.07 Å². The van der Waals surface area contributed by atoms with E-state index in [9.17, 15) is 4.79 Å². The molecule has 5 heteroatoms. The Morgan fingerprint density at radius 3 is 2.73 bits per heavy atom. The predicted molar refractivity (Wildman–Crippen MR) is 90.2 cm³/mol. The number of nitrogen functional groups attached to an aromatic ring is 1. The zero-order valence-electron chi connectivity index (χ0n) is 12.1. The van der Waals surface area contributed by atoms with Crippen LogP contribution in [0, 0.1) is 0 Å². The van der Waals surface area contributed by atoms with Crippen molar-refractivity contribution in [2.75, 3.05) is 16.4 Å². The number of anilines is 4. The van der Waals surface area contributed by atoms with Crippen molar-refractivity contribution < 1.29 is 4.79 Å². The van der Waals surface area contributed by atoms with Gasteiger partial charge in [0, 0.05) is 35.6 Å². The highest BCUT2D eigenvalue weighted by Gasteiger charge is 2.04. The summed E-state index contributed by atoms with van der Waals surface area (Å²) in [6.45, 7) is 1.48. The molecule has 22 heavy (non-hydrogen) atoms. The number of amides is 1. The van der Waals surface area contributed by atoms with E-state index in [1.807, 2.05) is 48.5 Å². The maximum absolute atomic E-state index is 11.1. The number of hydrogen-bond acceptors (Lipinski definition) is 4. The maximum atomic E-state index is 11.1. The van der Waals surface area contributed by atoms with Crippen molar-refractivity contribution in [2.24, 2.45) is 0 Å². The van der Waals surface area contributed by atoms with Gasteiger partial charge in [0.2, 0.25) is 5.91 Å². The molecule has 0 spiro atoms. The van der Waals surface area contributed by atoms with Crippen LogP contribution in [0.1, 0.15) is 6.92 Å². The van der Waals surface area contributed by atoms with Crippen LogP contribution in [0.2, 0.25) is 0 Å². The van der Waals surface area contributed by atoms with E-state index in [0.717, 1.165) is 33.7 Å². The molecule has 0 aliphatic rings. The third-order valence-electron chi connectivity index (χ3n) is 3.23.